The summed E-state index contributed by atoms with van der Waals surface area (Å²) < 4.78 is 0. The van der Waals surface area contributed by atoms with E-state index >= 15 is 0 Å². The maximum absolute atomic E-state index is 11.2. The van der Waals surface area contributed by atoms with Crippen molar-refractivity contribution in [2.45, 2.75) is 44.9 Å². The summed E-state index contributed by atoms with van der Waals surface area (Å²) in [6.45, 7) is 0.761. The molecule has 0 aromatic carbocycles. The minimum Gasteiger partial charge on any atom is -0.330 e. The topological polar surface area (TPSA) is 43.1 Å². The molecule has 1 aliphatic carbocycles. The fourth-order valence-corrected chi connectivity index (χ4v) is 1.39. The van der Waals surface area contributed by atoms with E-state index < -0.39 is 0 Å². The van der Waals surface area contributed by atoms with Crippen LogP contribution in [0.2, 0.25) is 0 Å². The number of Topliss-reactive ketones (excluding diaryl/α,β-unsaturated/α-hetero) is 1. The molecule has 2 nitrogen and oxygen atoms in total. The number of carbonyl (C=O) groups is 1. The predicted octanol–water partition coefficient (Wildman–Crippen LogP) is 1.87. The van der Waals surface area contributed by atoms with Crippen molar-refractivity contribution in [2.75, 3.05) is 6.54 Å². The Balaban J connectivity index is 1.87. The lowest BCUT2D eigenvalue weighted by atomic mass is 10.1. The number of hydrogen-bond donors (Lipinski definition) is 1. The van der Waals surface area contributed by atoms with Crippen LogP contribution in [0.3, 0.4) is 0 Å². The Kier molecular flexibility index (Phi) is 4.30. The SMILES string of the molecule is NCCCCCC(=O)CC1CC1. The Labute approximate surface area is 74.5 Å². The van der Waals surface area contributed by atoms with Crippen molar-refractivity contribution < 1.29 is 4.79 Å². The molecule has 70 valence electrons. The van der Waals surface area contributed by atoms with Gasteiger partial charge in [0.15, 0.2) is 0 Å². The summed E-state index contributed by atoms with van der Waals surface area (Å²) in [4.78, 5) is 11.2. The highest BCUT2D eigenvalue weighted by atomic mass is 16.1. The maximum atomic E-state index is 11.2. The van der Waals surface area contributed by atoms with E-state index in [4.69, 9.17) is 5.73 Å². The second-order valence-electron chi connectivity index (χ2n) is 3.79. The van der Waals surface area contributed by atoms with E-state index in [1.165, 1.54) is 12.8 Å². The van der Waals surface area contributed by atoms with Crippen LogP contribution in [0.25, 0.3) is 0 Å². The molecule has 1 aliphatic rings. The van der Waals surface area contributed by atoms with Gasteiger partial charge in [0.25, 0.3) is 0 Å². The summed E-state index contributed by atoms with van der Waals surface area (Å²) in [5.74, 6) is 1.22. The average molecular weight is 169 g/mol. The molecule has 0 amide bonds. The van der Waals surface area contributed by atoms with Crippen LogP contribution in [0.4, 0.5) is 0 Å². The zero-order chi connectivity index (χ0) is 8.81. The first-order valence-corrected chi connectivity index (χ1v) is 5.04. The minimum absolute atomic E-state index is 0.467. The van der Waals surface area contributed by atoms with E-state index in [1.54, 1.807) is 0 Å². The van der Waals surface area contributed by atoms with Crippen molar-refractivity contribution in [1.82, 2.24) is 0 Å². The molecule has 0 spiro atoms. The van der Waals surface area contributed by atoms with Crippen molar-refractivity contribution in [3.8, 4) is 0 Å². The van der Waals surface area contributed by atoms with Gasteiger partial charge in [0.1, 0.15) is 5.78 Å². The highest BCUT2D eigenvalue weighted by molar-refractivity contribution is 5.78. The number of rotatable bonds is 7. The van der Waals surface area contributed by atoms with E-state index in [0.29, 0.717) is 5.78 Å². The van der Waals surface area contributed by atoms with Gasteiger partial charge in [-0.25, -0.2) is 0 Å². The molecule has 0 saturated heterocycles. The first kappa shape index (κ1) is 9.72. The Morgan fingerprint density at radius 2 is 2.00 bits per heavy atom. The smallest absolute Gasteiger partial charge is 0.133 e. The fourth-order valence-electron chi connectivity index (χ4n) is 1.39. The normalized spacial score (nSPS) is 16.4. The highest BCUT2D eigenvalue weighted by Gasteiger charge is 2.23. The lowest BCUT2D eigenvalue weighted by molar-refractivity contribution is -0.119. The van der Waals surface area contributed by atoms with E-state index in [1.807, 2.05) is 0 Å². The van der Waals surface area contributed by atoms with E-state index in [9.17, 15) is 4.79 Å². The molecule has 0 bridgehead atoms. The Bertz CT molecular complexity index is 141. The van der Waals surface area contributed by atoms with E-state index in [0.717, 1.165) is 44.6 Å². The first-order chi connectivity index (χ1) is 5.83. The van der Waals surface area contributed by atoms with Crippen LogP contribution < -0.4 is 5.73 Å². The van der Waals surface area contributed by atoms with Crippen LogP contribution in [0.5, 0.6) is 0 Å². The number of hydrogen-bond acceptors (Lipinski definition) is 2. The molecule has 1 rings (SSSR count). The van der Waals surface area contributed by atoms with Gasteiger partial charge < -0.3 is 5.73 Å². The third-order valence-corrected chi connectivity index (χ3v) is 2.37. The van der Waals surface area contributed by atoms with Gasteiger partial charge in [-0.05, 0) is 38.1 Å². The van der Waals surface area contributed by atoms with Crippen LogP contribution in [-0.4, -0.2) is 12.3 Å². The van der Waals surface area contributed by atoms with Crippen LogP contribution in [0.15, 0.2) is 0 Å². The summed E-state index contributed by atoms with van der Waals surface area (Å²) in [6.07, 6.45) is 7.44. The first-order valence-electron chi connectivity index (χ1n) is 5.04. The van der Waals surface area contributed by atoms with Crippen molar-refractivity contribution in [3.05, 3.63) is 0 Å². The Morgan fingerprint density at radius 1 is 1.25 bits per heavy atom. The highest BCUT2D eigenvalue weighted by Crippen LogP contribution is 2.32. The molecular weight excluding hydrogens is 150 g/mol. The molecule has 0 aromatic rings. The van der Waals surface area contributed by atoms with Crippen molar-refractivity contribution in [1.29, 1.82) is 0 Å². The molecule has 0 atom stereocenters. The minimum atomic E-state index is 0.467. The zero-order valence-electron chi connectivity index (χ0n) is 7.72. The van der Waals surface area contributed by atoms with Gasteiger partial charge in [-0.3, -0.25) is 4.79 Å². The molecule has 0 aliphatic heterocycles. The number of carbonyl (C=O) groups excluding carboxylic acids is 1. The van der Waals surface area contributed by atoms with E-state index in [2.05, 4.69) is 0 Å². The molecule has 2 heteroatoms. The molecular formula is C10H19NO. The second kappa shape index (κ2) is 5.31. The van der Waals surface area contributed by atoms with Crippen LogP contribution in [-0.2, 0) is 4.79 Å². The lowest BCUT2D eigenvalue weighted by Gasteiger charge is -1.98. The van der Waals surface area contributed by atoms with Gasteiger partial charge >= 0.3 is 0 Å². The summed E-state index contributed by atoms with van der Waals surface area (Å²) in [5.41, 5.74) is 5.35. The summed E-state index contributed by atoms with van der Waals surface area (Å²) in [6, 6.07) is 0. The molecule has 12 heavy (non-hydrogen) atoms. The largest absolute Gasteiger partial charge is 0.330 e. The standard InChI is InChI=1S/C10H19NO/c11-7-3-1-2-4-10(12)8-9-5-6-9/h9H,1-8,11H2. The average Bonchev–Trinajstić information content (AvgIpc) is 2.82. The van der Waals surface area contributed by atoms with Gasteiger partial charge in [0.2, 0.25) is 0 Å². The monoisotopic (exact) mass is 169 g/mol. The van der Waals surface area contributed by atoms with Crippen LogP contribution in [0.1, 0.15) is 44.9 Å². The van der Waals surface area contributed by atoms with Crippen molar-refractivity contribution in [3.63, 3.8) is 0 Å². The third kappa shape index (κ3) is 4.50. The number of unbranched alkanes of at least 4 members (excludes halogenated alkanes) is 2. The lowest BCUT2D eigenvalue weighted by Crippen LogP contribution is -2.01. The summed E-state index contributed by atoms with van der Waals surface area (Å²) in [5, 5.41) is 0. The van der Waals surface area contributed by atoms with Crippen molar-refractivity contribution >= 4 is 5.78 Å². The second-order valence-corrected chi connectivity index (χ2v) is 3.79. The van der Waals surface area contributed by atoms with Gasteiger partial charge in [-0.1, -0.05) is 6.42 Å². The summed E-state index contributed by atoms with van der Waals surface area (Å²) in [7, 11) is 0. The molecule has 1 fully saturated rings. The predicted molar refractivity (Wildman–Crippen MR) is 49.9 cm³/mol. The molecule has 0 aromatic heterocycles. The Morgan fingerprint density at radius 3 is 2.58 bits per heavy atom. The molecule has 2 N–H and O–H groups in total. The van der Waals surface area contributed by atoms with Crippen LogP contribution in [0, 0.1) is 5.92 Å². The van der Waals surface area contributed by atoms with Crippen molar-refractivity contribution in [2.24, 2.45) is 11.7 Å². The Hall–Kier alpha value is -0.370. The zero-order valence-corrected chi connectivity index (χ0v) is 7.72. The number of ketones is 1. The third-order valence-electron chi connectivity index (χ3n) is 2.37. The molecule has 0 heterocycles. The maximum Gasteiger partial charge on any atom is 0.133 e. The molecule has 0 unspecified atom stereocenters. The van der Waals surface area contributed by atoms with Gasteiger partial charge in [-0.15, -0.1) is 0 Å². The quantitative estimate of drug-likeness (QED) is 0.591. The molecule has 0 radical (unpaired) electrons. The number of nitrogens with two attached hydrogens (primary N) is 1. The summed E-state index contributed by atoms with van der Waals surface area (Å²) >= 11 is 0. The van der Waals surface area contributed by atoms with Gasteiger partial charge in [-0.2, -0.15) is 0 Å². The van der Waals surface area contributed by atoms with Gasteiger partial charge in [0, 0.05) is 12.8 Å². The molecule has 1 saturated carbocycles. The van der Waals surface area contributed by atoms with E-state index in [-0.39, 0.29) is 0 Å². The fraction of sp³-hybridized carbons (Fsp3) is 0.900. The van der Waals surface area contributed by atoms with Crippen LogP contribution >= 0.6 is 0 Å². The van der Waals surface area contributed by atoms with Gasteiger partial charge in [0.05, 0.1) is 0 Å².